The third-order valence-corrected chi connectivity index (χ3v) is 11.3. The fourth-order valence-electron chi connectivity index (χ4n) is 6.33. The van der Waals surface area contributed by atoms with Crippen molar-refractivity contribution in [3.63, 3.8) is 0 Å². The molecule has 2 atom stereocenters. The molecule has 65 heavy (non-hydrogen) atoms. The van der Waals surface area contributed by atoms with E-state index >= 15 is 0 Å². The first-order valence-corrected chi connectivity index (χ1v) is 25.1. The third-order valence-electron chi connectivity index (χ3n) is 9.58. The van der Waals surface area contributed by atoms with Gasteiger partial charge >= 0.3 is 24.1 Å². The topological polar surface area (TPSA) is 188 Å². The summed E-state index contributed by atoms with van der Waals surface area (Å²) in [4.78, 5) is 77.1. The molecule has 2 heterocycles. The van der Waals surface area contributed by atoms with Crippen LogP contribution in [0.25, 0.3) is 0 Å². The number of hydrogen-bond donors (Lipinski definition) is 2. The van der Waals surface area contributed by atoms with Gasteiger partial charge in [-0.2, -0.15) is 0 Å². The number of carbonyl (C=O) groups is 6. The van der Waals surface area contributed by atoms with E-state index in [1.54, 1.807) is 38.1 Å². The molecule has 6 rings (SSSR count). The highest BCUT2D eigenvalue weighted by Crippen LogP contribution is 2.38. The molecule has 0 aliphatic carbocycles. The summed E-state index contributed by atoms with van der Waals surface area (Å²) in [5, 5.41) is 5.30. The average Bonchev–Trinajstić information content (AvgIpc) is 3.29. The molecule has 0 aromatic heterocycles. The number of carbonyl (C=O) groups excluding carboxylic acids is 6. The van der Waals surface area contributed by atoms with Crippen molar-refractivity contribution in [3.05, 3.63) is 116 Å². The lowest BCUT2D eigenvalue weighted by Crippen LogP contribution is -2.47. The van der Waals surface area contributed by atoms with Crippen molar-refractivity contribution in [1.82, 2.24) is 10.6 Å². The number of hydrogen-bond acceptors (Lipinski definition) is 12. The smallest absolute Gasteiger partial charge is 0.407 e. The maximum Gasteiger partial charge on any atom is 0.407 e. The molecule has 0 bridgehead atoms. The minimum Gasteiger partial charge on any atom is -0.479 e. The van der Waals surface area contributed by atoms with E-state index in [0.29, 0.717) is 37.6 Å². The number of rotatable bonds is 12. The zero-order chi connectivity index (χ0) is 47.3. The lowest BCUT2D eigenvalue weighted by molar-refractivity contribution is -0.126. The second-order valence-corrected chi connectivity index (χ2v) is 21.5. The largest absolute Gasteiger partial charge is 0.479 e. The van der Waals surface area contributed by atoms with Gasteiger partial charge in [0.25, 0.3) is 11.8 Å². The number of nitrogens with one attached hydrogen (secondary N) is 2. The number of nitrogens with zero attached hydrogens (tertiary/aromatic N) is 2. The minimum atomic E-state index is -1.71. The number of amides is 4. The number of halogens is 1. The van der Waals surface area contributed by atoms with E-state index in [9.17, 15) is 28.8 Å². The van der Waals surface area contributed by atoms with Crippen LogP contribution >= 0.6 is 22.6 Å². The van der Waals surface area contributed by atoms with Gasteiger partial charge in [-0.3, -0.25) is 9.59 Å². The Kier molecular flexibility index (Phi) is 17.4. The molecule has 0 fully saturated rings. The zero-order valence-corrected chi connectivity index (χ0v) is 40.3. The molecule has 18 heteroatoms. The molecule has 4 aromatic carbocycles. The lowest BCUT2D eigenvalue weighted by atomic mass is 10.0. The van der Waals surface area contributed by atoms with Gasteiger partial charge in [0.1, 0.15) is 32.8 Å². The Balaban J connectivity index is 0.000000247. The van der Waals surface area contributed by atoms with Gasteiger partial charge < -0.3 is 48.9 Å². The van der Waals surface area contributed by atoms with E-state index in [2.05, 4.69) is 41.7 Å². The Morgan fingerprint density at radius 2 is 1.11 bits per heavy atom. The first-order chi connectivity index (χ1) is 31.0. The van der Waals surface area contributed by atoms with Crippen molar-refractivity contribution < 1.29 is 57.2 Å². The summed E-state index contributed by atoms with van der Waals surface area (Å²) >= 11 is 2.02. The summed E-state index contributed by atoms with van der Waals surface area (Å²) in [6, 6.07) is 25.2. The van der Waals surface area contributed by atoms with Crippen LogP contribution in [0.3, 0.4) is 0 Å². The molecule has 0 spiro atoms. The lowest BCUT2D eigenvalue weighted by Gasteiger charge is -2.33. The minimum absolute atomic E-state index is 0.146. The monoisotopic (exact) mass is 1020 g/mol. The first kappa shape index (κ1) is 49.4. The van der Waals surface area contributed by atoms with Gasteiger partial charge in [-0.15, -0.1) is 5.54 Å². The summed E-state index contributed by atoms with van der Waals surface area (Å²) < 4.78 is 32.3. The fraction of sp³-hybridized carbons (Fsp3) is 0.319. The van der Waals surface area contributed by atoms with E-state index in [1.165, 1.54) is 24.0 Å². The highest BCUT2D eigenvalue weighted by Gasteiger charge is 2.35. The summed E-state index contributed by atoms with van der Waals surface area (Å²) in [5.41, 5.74) is 6.96. The summed E-state index contributed by atoms with van der Waals surface area (Å²) in [6.07, 6.45) is -2.57. The van der Waals surface area contributed by atoms with Gasteiger partial charge in [-0.05, 0) is 71.8 Å². The molecule has 2 aliphatic heterocycles. The maximum absolute atomic E-state index is 12.9. The van der Waals surface area contributed by atoms with Crippen LogP contribution in [0.15, 0.2) is 84.9 Å². The molecule has 2 aliphatic rings. The van der Waals surface area contributed by atoms with Gasteiger partial charge in [0.2, 0.25) is 0 Å². The predicted octanol–water partition coefficient (Wildman–Crippen LogP) is 6.86. The normalized spacial score (nSPS) is 14.9. The third kappa shape index (κ3) is 13.7. The quantitative estimate of drug-likeness (QED) is 0.0494. The van der Waals surface area contributed by atoms with E-state index in [-0.39, 0.29) is 56.8 Å². The van der Waals surface area contributed by atoms with Crippen molar-refractivity contribution in [2.24, 2.45) is 0 Å². The van der Waals surface area contributed by atoms with Crippen LogP contribution < -0.4 is 29.9 Å². The van der Waals surface area contributed by atoms with Crippen molar-refractivity contribution in [2.75, 3.05) is 50.2 Å². The molecule has 0 unspecified atom stereocenters. The Morgan fingerprint density at radius 3 is 1.55 bits per heavy atom. The highest BCUT2D eigenvalue weighted by molar-refractivity contribution is 14.1. The van der Waals surface area contributed by atoms with E-state index < -0.39 is 44.4 Å². The molecular formula is C47H51IN4O12Si. The van der Waals surface area contributed by atoms with Gasteiger partial charge in [0, 0.05) is 35.3 Å². The number of fused-ring (bicyclic) bond motifs is 2. The number of ether oxygens (including phenoxy) is 6. The molecule has 0 saturated carbocycles. The van der Waals surface area contributed by atoms with Crippen LogP contribution in [0.1, 0.15) is 51.3 Å². The predicted molar refractivity (Wildman–Crippen MR) is 253 cm³/mol. The Morgan fingerprint density at radius 1 is 0.677 bits per heavy atom. The molecule has 2 N–H and O–H groups in total. The fourth-order valence-corrected chi connectivity index (χ4v) is 7.50. The van der Waals surface area contributed by atoms with Crippen LogP contribution in [-0.4, -0.2) is 96.6 Å². The molecule has 16 nitrogen and oxygen atoms in total. The Labute approximate surface area is 392 Å². The van der Waals surface area contributed by atoms with Gasteiger partial charge in [0.15, 0.2) is 12.2 Å². The Hall–Kier alpha value is -6.59. The van der Waals surface area contributed by atoms with Crippen LogP contribution in [-0.2, 0) is 41.8 Å². The van der Waals surface area contributed by atoms with E-state index in [1.807, 2.05) is 83.3 Å². The molecule has 0 saturated heterocycles. The second-order valence-electron chi connectivity index (χ2n) is 15.6. The highest BCUT2D eigenvalue weighted by atomic mass is 127. The van der Waals surface area contributed by atoms with E-state index in [0.717, 1.165) is 11.1 Å². The summed E-state index contributed by atoms with van der Waals surface area (Å²) in [6.45, 7) is 10.6. The number of methoxy groups -OCH3 is 2. The van der Waals surface area contributed by atoms with Crippen LogP contribution in [0.2, 0.25) is 19.6 Å². The number of anilines is 2. The standard InChI is InChI=1S/C26H30N2O6Si.C21H21IN2O6/c1-18-24(29)28(13-12-27-26(31)33-17-19-9-7-6-8-10-19)22-16-21(25(30)32-2)20(15-23(22)34-18)11-14-35(3,4)5;1-13-19(25)24(9-8-23-21(27)29-12-14-6-4-3-5-7-14)17-10-15(20(26)28-2)16(22)11-18(17)30-13/h6-10,15-16,18H,12-13,17H2,1-5H3,(H,27,31);3-7,10-11,13H,8-9,12H2,1-2H3,(H,23,27)/t18-;13-/m11/s1. The van der Waals surface area contributed by atoms with Crippen LogP contribution in [0, 0.1) is 15.0 Å². The van der Waals surface area contributed by atoms with Crippen molar-refractivity contribution >= 4 is 78.0 Å². The van der Waals surface area contributed by atoms with Crippen molar-refractivity contribution in [1.29, 1.82) is 0 Å². The van der Waals surface area contributed by atoms with Crippen LogP contribution in [0.5, 0.6) is 11.5 Å². The molecule has 4 aromatic rings. The van der Waals surface area contributed by atoms with Gasteiger partial charge in [0.05, 0.1) is 36.7 Å². The SMILES string of the molecule is COC(=O)c1cc2c(cc1C#C[Si](C)(C)C)O[C@H](C)C(=O)N2CCNC(=O)OCc1ccccc1.COC(=O)c1cc2c(cc1I)O[C@H](C)C(=O)N2CCNC(=O)OCc1ccccc1. The molecular weight excluding hydrogens is 968 g/mol. The van der Waals surface area contributed by atoms with Crippen LogP contribution in [0.4, 0.5) is 21.0 Å². The second kappa shape index (κ2) is 22.9. The summed E-state index contributed by atoms with van der Waals surface area (Å²) in [7, 11) is 0.882. The van der Waals surface area contributed by atoms with Crippen molar-refractivity contribution in [2.45, 2.75) is 58.9 Å². The molecule has 342 valence electrons. The molecule has 4 amide bonds. The maximum atomic E-state index is 12.9. The van der Waals surface area contributed by atoms with Gasteiger partial charge in [-0.1, -0.05) is 86.2 Å². The summed E-state index contributed by atoms with van der Waals surface area (Å²) in [5.74, 6) is 2.42. The number of alkyl carbamates (subject to hydrolysis) is 2. The first-order valence-electron chi connectivity index (χ1n) is 20.6. The number of esters is 2. The van der Waals surface area contributed by atoms with Gasteiger partial charge in [-0.25, -0.2) is 19.2 Å². The number of benzene rings is 4. The van der Waals surface area contributed by atoms with Crippen molar-refractivity contribution in [3.8, 4) is 23.0 Å². The van der Waals surface area contributed by atoms with E-state index in [4.69, 9.17) is 28.4 Å². The zero-order valence-electron chi connectivity index (χ0n) is 37.2. The average molecular weight is 1020 g/mol. The Bertz CT molecular complexity index is 2450. The molecule has 0 radical (unpaired) electrons.